The number of amides is 1. The van der Waals surface area contributed by atoms with Crippen LogP contribution in [0.4, 0.5) is 0 Å². The lowest BCUT2D eigenvalue weighted by Gasteiger charge is -2.28. The summed E-state index contributed by atoms with van der Waals surface area (Å²) >= 11 is 0. The molecule has 1 atom stereocenters. The van der Waals surface area contributed by atoms with E-state index in [1.54, 1.807) is 7.11 Å². The number of ether oxygens (including phenoxy) is 1. The van der Waals surface area contributed by atoms with Crippen LogP contribution in [0.3, 0.4) is 0 Å². The molecule has 1 N–H and O–H groups in total. The van der Waals surface area contributed by atoms with Crippen molar-refractivity contribution in [2.24, 2.45) is 0 Å². The second-order valence-electron chi connectivity index (χ2n) is 6.65. The van der Waals surface area contributed by atoms with Gasteiger partial charge in [0, 0.05) is 19.7 Å². The summed E-state index contributed by atoms with van der Waals surface area (Å²) in [6, 6.07) is 13.2. The minimum atomic E-state index is -0.277. The van der Waals surface area contributed by atoms with Crippen LogP contribution in [0.1, 0.15) is 34.9 Å². The number of rotatable bonds is 8. The van der Waals surface area contributed by atoms with Crippen molar-refractivity contribution in [1.82, 2.24) is 20.0 Å². The Bertz CT molecular complexity index is 800. The van der Waals surface area contributed by atoms with Gasteiger partial charge in [-0.05, 0) is 37.6 Å². The van der Waals surface area contributed by atoms with E-state index in [4.69, 9.17) is 4.74 Å². The van der Waals surface area contributed by atoms with Crippen molar-refractivity contribution >= 4 is 5.91 Å². The molecule has 1 fully saturated rings. The number of nitrogens with zero attached hydrogens (tertiary/aromatic N) is 3. The molecule has 2 aromatic rings. The van der Waals surface area contributed by atoms with E-state index in [0.717, 1.165) is 13.1 Å². The third-order valence-electron chi connectivity index (χ3n) is 4.83. The van der Waals surface area contributed by atoms with Crippen LogP contribution in [-0.2, 0) is 11.3 Å². The highest BCUT2D eigenvalue weighted by Crippen LogP contribution is 2.24. The third kappa shape index (κ3) is 5.02. The van der Waals surface area contributed by atoms with Crippen LogP contribution >= 0.6 is 0 Å². The Morgan fingerprint density at radius 2 is 1.93 bits per heavy atom. The van der Waals surface area contributed by atoms with Crippen molar-refractivity contribution in [1.29, 1.82) is 0 Å². The Morgan fingerprint density at radius 3 is 2.63 bits per heavy atom. The fourth-order valence-electron chi connectivity index (χ4n) is 3.37. The van der Waals surface area contributed by atoms with Gasteiger partial charge in [0.2, 0.25) is 0 Å². The van der Waals surface area contributed by atoms with Crippen molar-refractivity contribution in [3.8, 4) is 0 Å². The summed E-state index contributed by atoms with van der Waals surface area (Å²) in [5, 5.41) is 7.14. The summed E-state index contributed by atoms with van der Waals surface area (Å²) < 4.78 is 6.24. The van der Waals surface area contributed by atoms with Gasteiger partial charge in [-0.1, -0.05) is 30.3 Å². The molecule has 7 nitrogen and oxygen atoms in total. The SMILES string of the molecule is COCCn1nc(C(=O)NCC(c2ccccc2)N2CCCC2)ccc1=O. The maximum Gasteiger partial charge on any atom is 0.271 e. The van der Waals surface area contributed by atoms with Gasteiger partial charge in [0.1, 0.15) is 5.69 Å². The van der Waals surface area contributed by atoms with Crippen LogP contribution in [-0.4, -0.2) is 53.9 Å². The summed E-state index contributed by atoms with van der Waals surface area (Å²) in [6.45, 7) is 3.26. The first-order valence-electron chi connectivity index (χ1n) is 9.33. The lowest BCUT2D eigenvalue weighted by molar-refractivity contribution is 0.0929. The number of hydrogen-bond acceptors (Lipinski definition) is 5. The van der Waals surface area contributed by atoms with Crippen LogP contribution in [0.2, 0.25) is 0 Å². The summed E-state index contributed by atoms with van der Waals surface area (Å²) in [7, 11) is 1.56. The first-order chi connectivity index (χ1) is 13.2. The van der Waals surface area contributed by atoms with E-state index in [1.165, 1.54) is 35.2 Å². The first kappa shape index (κ1) is 19.3. The summed E-state index contributed by atoms with van der Waals surface area (Å²) in [6.07, 6.45) is 2.37. The van der Waals surface area contributed by atoms with Crippen molar-refractivity contribution < 1.29 is 9.53 Å². The average molecular weight is 370 g/mol. The normalized spacial score (nSPS) is 15.6. The summed E-state index contributed by atoms with van der Waals surface area (Å²) in [5.74, 6) is -0.277. The minimum Gasteiger partial charge on any atom is -0.383 e. The topological polar surface area (TPSA) is 76.5 Å². The number of methoxy groups -OCH3 is 1. The first-order valence-corrected chi connectivity index (χ1v) is 9.33. The molecule has 0 aliphatic carbocycles. The molecule has 3 rings (SSSR count). The molecule has 1 aromatic heterocycles. The van der Waals surface area contributed by atoms with Crippen LogP contribution in [0.5, 0.6) is 0 Å². The largest absolute Gasteiger partial charge is 0.383 e. The van der Waals surface area contributed by atoms with Crippen molar-refractivity contribution in [2.75, 3.05) is 33.4 Å². The van der Waals surface area contributed by atoms with Gasteiger partial charge in [-0.2, -0.15) is 5.10 Å². The molecular formula is C20H26N4O3. The standard InChI is InChI=1S/C20H26N4O3/c1-27-14-13-24-19(25)10-9-17(22-24)20(26)21-15-18(23-11-5-6-12-23)16-7-3-2-4-8-16/h2-4,7-10,18H,5-6,11-15H2,1H3,(H,21,26). The fraction of sp³-hybridized carbons (Fsp3) is 0.450. The van der Waals surface area contributed by atoms with E-state index in [1.807, 2.05) is 18.2 Å². The highest BCUT2D eigenvalue weighted by Gasteiger charge is 2.24. The van der Waals surface area contributed by atoms with Crippen LogP contribution in [0.25, 0.3) is 0 Å². The summed E-state index contributed by atoms with van der Waals surface area (Å²) in [4.78, 5) is 26.8. The van der Waals surface area contributed by atoms with Gasteiger partial charge in [0.15, 0.2) is 0 Å². The molecule has 2 heterocycles. The predicted octanol–water partition coefficient (Wildman–Crippen LogP) is 1.46. The zero-order valence-corrected chi connectivity index (χ0v) is 15.6. The molecule has 0 radical (unpaired) electrons. The predicted molar refractivity (Wildman–Crippen MR) is 103 cm³/mol. The van der Waals surface area contributed by atoms with Gasteiger partial charge in [-0.3, -0.25) is 14.5 Å². The minimum absolute atomic E-state index is 0.136. The zero-order chi connectivity index (χ0) is 19.1. The smallest absolute Gasteiger partial charge is 0.271 e. The molecule has 144 valence electrons. The molecule has 27 heavy (non-hydrogen) atoms. The van der Waals surface area contributed by atoms with Crippen molar-refractivity contribution in [2.45, 2.75) is 25.4 Å². The zero-order valence-electron chi connectivity index (χ0n) is 15.6. The van der Waals surface area contributed by atoms with E-state index in [-0.39, 0.29) is 23.2 Å². The molecule has 1 amide bonds. The highest BCUT2D eigenvalue weighted by atomic mass is 16.5. The number of nitrogens with one attached hydrogen (secondary N) is 1. The lowest BCUT2D eigenvalue weighted by atomic mass is 10.1. The molecule has 0 bridgehead atoms. The number of likely N-dealkylation sites (tertiary alicyclic amines) is 1. The molecular weight excluding hydrogens is 344 g/mol. The van der Waals surface area contributed by atoms with Gasteiger partial charge in [0.05, 0.1) is 19.2 Å². The van der Waals surface area contributed by atoms with Crippen LogP contribution < -0.4 is 10.9 Å². The number of benzene rings is 1. The molecule has 1 aliphatic rings. The second-order valence-corrected chi connectivity index (χ2v) is 6.65. The molecule has 1 saturated heterocycles. The Kier molecular flexibility index (Phi) is 6.73. The third-order valence-corrected chi connectivity index (χ3v) is 4.83. The van der Waals surface area contributed by atoms with Gasteiger partial charge in [-0.15, -0.1) is 0 Å². The second kappa shape index (κ2) is 9.43. The van der Waals surface area contributed by atoms with Crippen molar-refractivity contribution in [3.05, 3.63) is 64.1 Å². The Morgan fingerprint density at radius 1 is 1.19 bits per heavy atom. The Labute approximate surface area is 158 Å². The van der Waals surface area contributed by atoms with Crippen LogP contribution in [0, 0.1) is 0 Å². The highest BCUT2D eigenvalue weighted by molar-refractivity contribution is 5.92. The molecule has 7 heteroatoms. The van der Waals surface area contributed by atoms with E-state index in [9.17, 15) is 9.59 Å². The maximum atomic E-state index is 12.6. The van der Waals surface area contributed by atoms with Gasteiger partial charge in [-0.25, -0.2) is 4.68 Å². The van der Waals surface area contributed by atoms with E-state index in [2.05, 4.69) is 27.4 Å². The van der Waals surface area contributed by atoms with Crippen LogP contribution in [0.15, 0.2) is 47.3 Å². The Balaban J connectivity index is 1.70. The quantitative estimate of drug-likeness (QED) is 0.761. The average Bonchev–Trinajstić information content (AvgIpc) is 3.22. The lowest BCUT2D eigenvalue weighted by Crippen LogP contribution is -2.38. The molecule has 0 spiro atoms. The maximum absolute atomic E-state index is 12.6. The van der Waals surface area contributed by atoms with Gasteiger partial charge in [0.25, 0.3) is 11.5 Å². The van der Waals surface area contributed by atoms with Gasteiger partial charge >= 0.3 is 0 Å². The Hall–Kier alpha value is -2.51. The van der Waals surface area contributed by atoms with E-state index >= 15 is 0 Å². The molecule has 0 saturated carbocycles. The van der Waals surface area contributed by atoms with Crippen molar-refractivity contribution in [3.63, 3.8) is 0 Å². The fourth-order valence-corrected chi connectivity index (χ4v) is 3.37. The number of hydrogen-bond donors (Lipinski definition) is 1. The summed E-state index contributed by atoms with van der Waals surface area (Å²) in [5.41, 5.74) is 1.18. The van der Waals surface area contributed by atoms with E-state index < -0.39 is 0 Å². The number of aromatic nitrogens is 2. The molecule has 1 aliphatic heterocycles. The monoisotopic (exact) mass is 370 g/mol. The van der Waals surface area contributed by atoms with E-state index in [0.29, 0.717) is 19.7 Å². The number of carbonyl (C=O) groups excluding carboxylic acids is 1. The molecule has 1 aromatic carbocycles. The molecule has 1 unspecified atom stereocenters. The van der Waals surface area contributed by atoms with Gasteiger partial charge < -0.3 is 10.1 Å². The number of carbonyl (C=O) groups is 1.